The van der Waals surface area contributed by atoms with Gasteiger partial charge < -0.3 is 24.5 Å². The minimum atomic E-state index is 0. The van der Waals surface area contributed by atoms with Crippen LogP contribution < -0.4 is 5.73 Å². The molecule has 0 unspecified atom stereocenters. The van der Waals surface area contributed by atoms with Gasteiger partial charge in [-0.25, -0.2) is 4.98 Å². The fourth-order valence-electron chi connectivity index (χ4n) is 4.69. The van der Waals surface area contributed by atoms with Crippen LogP contribution in [0.5, 0.6) is 0 Å². The first-order chi connectivity index (χ1) is 13.6. The van der Waals surface area contributed by atoms with E-state index in [9.17, 15) is 4.79 Å². The lowest BCUT2D eigenvalue weighted by atomic mass is 9.98. The standard InChI is InChI=1S/C20H32N4O4.2ClH/c1-26-13-19-22-17-12-23(7-4-18(17)28-19)20(25)14-2-3-15(21)11-24(10-14)16-5-8-27-9-6-16;;/h14-16H,2-13,21H2,1H3;2*1H/t14-,15+;;/m0../s1. The minimum Gasteiger partial charge on any atom is -0.443 e. The Morgan fingerprint density at radius 1 is 1.20 bits per heavy atom. The molecule has 0 radical (unpaired) electrons. The van der Waals surface area contributed by atoms with Gasteiger partial charge >= 0.3 is 0 Å². The highest BCUT2D eigenvalue weighted by Crippen LogP contribution is 2.26. The second-order valence-electron chi connectivity index (χ2n) is 8.25. The molecule has 0 bridgehead atoms. The van der Waals surface area contributed by atoms with Crippen LogP contribution in [0.1, 0.15) is 43.0 Å². The van der Waals surface area contributed by atoms with E-state index < -0.39 is 0 Å². The molecule has 3 aliphatic heterocycles. The fraction of sp³-hybridized carbons (Fsp3) is 0.800. The summed E-state index contributed by atoms with van der Waals surface area (Å²) in [6, 6.07) is 0.619. The number of nitrogens with two attached hydrogens (primary N) is 1. The van der Waals surface area contributed by atoms with Crippen molar-refractivity contribution in [3.8, 4) is 0 Å². The predicted octanol–water partition coefficient (Wildman–Crippen LogP) is 1.77. The molecule has 2 atom stereocenters. The average molecular weight is 465 g/mol. The van der Waals surface area contributed by atoms with E-state index >= 15 is 0 Å². The monoisotopic (exact) mass is 464 g/mol. The number of oxazole rings is 1. The van der Waals surface area contributed by atoms with Crippen molar-refractivity contribution >= 4 is 30.7 Å². The van der Waals surface area contributed by atoms with Crippen LogP contribution in [-0.4, -0.2) is 72.7 Å². The van der Waals surface area contributed by atoms with E-state index in [1.807, 2.05) is 4.90 Å². The van der Waals surface area contributed by atoms with E-state index in [0.29, 0.717) is 38.0 Å². The normalized spacial score (nSPS) is 25.6. The Morgan fingerprint density at radius 2 is 1.97 bits per heavy atom. The Kier molecular flexibility index (Phi) is 9.84. The van der Waals surface area contributed by atoms with E-state index in [1.165, 1.54) is 0 Å². The molecule has 1 aromatic heterocycles. The van der Waals surface area contributed by atoms with Crippen molar-refractivity contribution in [2.75, 3.05) is 40.0 Å². The maximum atomic E-state index is 13.3. The molecular formula is C20H34Cl2N4O4. The molecule has 172 valence electrons. The largest absolute Gasteiger partial charge is 0.443 e. The first kappa shape index (κ1) is 25.4. The molecule has 0 spiro atoms. The second-order valence-corrected chi connectivity index (χ2v) is 8.25. The van der Waals surface area contributed by atoms with E-state index in [-0.39, 0.29) is 42.7 Å². The van der Waals surface area contributed by atoms with Crippen molar-refractivity contribution in [1.82, 2.24) is 14.8 Å². The molecule has 1 aromatic rings. The molecule has 0 aromatic carbocycles. The molecule has 2 N–H and O–H groups in total. The summed E-state index contributed by atoms with van der Waals surface area (Å²) in [7, 11) is 1.62. The zero-order chi connectivity index (χ0) is 19.5. The summed E-state index contributed by atoms with van der Waals surface area (Å²) < 4.78 is 16.4. The van der Waals surface area contributed by atoms with Gasteiger partial charge in [0.2, 0.25) is 11.8 Å². The van der Waals surface area contributed by atoms with E-state index in [0.717, 1.165) is 63.4 Å². The molecular weight excluding hydrogens is 431 g/mol. The summed E-state index contributed by atoms with van der Waals surface area (Å²) in [5, 5.41) is 0. The lowest BCUT2D eigenvalue weighted by Crippen LogP contribution is -2.48. The quantitative estimate of drug-likeness (QED) is 0.724. The average Bonchev–Trinajstić information content (AvgIpc) is 3.01. The Bertz CT molecular complexity index is 684. The molecule has 3 aliphatic rings. The van der Waals surface area contributed by atoms with Gasteiger partial charge in [0.05, 0.1) is 12.5 Å². The number of carbonyl (C=O) groups is 1. The Balaban J connectivity index is 0.00000160. The third-order valence-corrected chi connectivity index (χ3v) is 6.22. The van der Waals surface area contributed by atoms with Crippen molar-refractivity contribution in [3.63, 3.8) is 0 Å². The minimum absolute atomic E-state index is 0. The van der Waals surface area contributed by atoms with Crippen LogP contribution in [0.3, 0.4) is 0 Å². The van der Waals surface area contributed by atoms with Gasteiger partial charge in [-0.05, 0) is 25.7 Å². The lowest BCUT2D eigenvalue weighted by Gasteiger charge is -2.36. The van der Waals surface area contributed by atoms with E-state index in [2.05, 4.69) is 9.88 Å². The number of methoxy groups -OCH3 is 1. The SMILES string of the molecule is COCc1nc2c(o1)CCN(C(=O)[C@H]1CC[C@@H](N)CN(C3CCOCC3)C1)C2.Cl.Cl. The highest BCUT2D eigenvalue weighted by molar-refractivity contribution is 5.85. The van der Waals surface area contributed by atoms with Gasteiger partial charge in [-0.2, -0.15) is 0 Å². The molecule has 4 rings (SSSR count). The number of aromatic nitrogens is 1. The molecule has 0 saturated carbocycles. The van der Waals surface area contributed by atoms with Crippen molar-refractivity contribution in [2.45, 2.75) is 57.3 Å². The van der Waals surface area contributed by atoms with Crippen LogP contribution >= 0.6 is 24.8 Å². The van der Waals surface area contributed by atoms with Crippen molar-refractivity contribution < 1.29 is 18.7 Å². The summed E-state index contributed by atoms with van der Waals surface area (Å²) in [6.07, 6.45) is 4.53. The van der Waals surface area contributed by atoms with Gasteiger partial charge in [0.1, 0.15) is 18.1 Å². The Labute approximate surface area is 190 Å². The fourth-order valence-corrected chi connectivity index (χ4v) is 4.69. The van der Waals surface area contributed by atoms with Crippen LogP contribution in [0.2, 0.25) is 0 Å². The maximum absolute atomic E-state index is 13.3. The third-order valence-electron chi connectivity index (χ3n) is 6.22. The molecule has 30 heavy (non-hydrogen) atoms. The number of nitrogens with zero attached hydrogens (tertiary/aromatic N) is 3. The van der Waals surface area contributed by atoms with Crippen LogP contribution in [0.25, 0.3) is 0 Å². The van der Waals surface area contributed by atoms with Gasteiger partial charge in [-0.15, -0.1) is 24.8 Å². The van der Waals surface area contributed by atoms with Gasteiger partial charge in [0.25, 0.3) is 0 Å². The number of carbonyl (C=O) groups excluding carboxylic acids is 1. The zero-order valence-corrected chi connectivity index (χ0v) is 19.2. The number of hydrogen-bond donors (Lipinski definition) is 1. The Morgan fingerprint density at radius 3 is 2.70 bits per heavy atom. The molecule has 1 amide bonds. The lowest BCUT2D eigenvalue weighted by molar-refractivity contribution is -0.137. The van der Waals surface area contributed by atoms with Crippen LogP contribution in [-0.2, 0) is 33.8 Å². The highest BCUT2D eigenvalue weighted by Gasteiger charge is 2.35. The molecule has 8 nitrogen and oxygen atoms in total. The first-order valence-electron chi connectivity index (χ1n) is 10.5. The topological polar surface area (TPSA) is 94.1 Å². The number of amides is 1. The molecule has 4 heterocycles. The van der Waals surface area contributed by atoms with Gasteiger partial charge in [-0.3, -0.25) is 9.69 Å². The third kappa shape index (κ3) is 5.87. The van der Waals surface area contributed by atoms with Crippen molar-refractivity contribution in [1.29, 1.82) is 0 Å². The van der Waals surface area contributed by atoms with Crippen molar-refractivity contribution in [2.24, 2.45) is 11.7 Å². The summed E-state index contributed by atoms with van der Waals surface area (Å²) in [5.74, 6) is 1.71. The number of ether oxygens (including phenoxy) is 2. The predicted molar refractivity (Wildman–Crippen MR) is 117 cm³/mol. The summed E-state index contributed by atoms with van der Waals surface area (Å²) in [5.41, 5.74) is 7.21. The summed E-state index contributed by atoms with van der Waals surface area (Å²) in [6.45, 7) is 4.87. The smallest absolute Gasteiger partial charge is 0.227 e. The van der Waals surface area contributed by atoms with Crippen molar-refractivity contribution in [3.05, 3.63) is 17.3 Å². The number of fused-ring (bicyclic) bond motifs is 1. The van der Waals surface area contributed by atoms with Gasteiger partial charge in [0, 0.05) is 58.5 Å². The van der Waals surface area contributed by atoms with E-state index in [4.69, 9.17) is 19.6 Å². The van der Waals surface area contributed by atoms with Gasteiger partial charge in [-0.1, -0.05) is 0 Å². The molecule has 10 heteroatoms. The number of likely N-dealkylation sites (tertiary alicyclic amines) is 1. The highest BCUT2D eigenvalue weighted by atomic mass is 35.5. The second kappa shape index (κ2) is 11.6. The Hall–Kier alpha value is -0.900. The molecule has 2 saturated heterocycles. The number of halogens is 2. The zero-order valence-electron chi connectivity index (χ0n) is 17.6. The number of rotatable bonds is 4. The van der Waals surface area contributed by atoms with Gasteiger partial charge in [0.15, 0.2) is 0 Å². The molecule has 2 fully saturated rings. The van der Waals surface area contributed by atoms with E-state index in [1.54, 1.807) is 7.11 Å². The first-order valence-corrected chi connectivity index (χ1v) is 10.5. The summed E-state index contributed by atoms with van der Waals surface area (Å²) >= 11 is 0. The van der Waals surface area contributed by atoms with Crippen LogP contribution in [0.4, 0.5) is 0 Å². The van der Waals surface area contributed by atoms with Crippen LogP contribution in [0, 0.1) is 5.92 Å². The van der Waals surface area contributed by atoms with Crippen LogP contribution in [0.15, 0.2) is 4.42 Å². The maximum Gasteiger partial charge on any atom is 0.227 e. The summed E-state index contributed by atoms with van der Waals surface area (Å²) in [4.78, 5) is 22.2. The molecule has 0 aliphatic carbocycles. The number of hydrogen-bond acceptors (Lipinski definition) is 7.